The van der Waals surface area contributed by atoms with E-state index in [-0.39, 0.29) is 11.2 Å². The van der Waals surface area contributed by atoms with E-state index in [1.165, 1.54) is 16.2 Å². The van der Waals surface area contributed by atoms with Crippen molar-refractivity contribution < 1.29 is 9.31 Å². The summed E-state index contributed by atoms with van der Waals surface area (Å²) in [6.07, 6.45) is 0. The van der Waals surface area contributed by atoms with Gasteiger partial charge < -0.3 is 13.9 Å². The zero-order valence-electron chi connectivity index (χ0n) is 16.8. The van der Waals surface area contributed by atoms with Crippen LogP contribution >= 0.6 is 0 Å². The van der Waals surface area contributed by atoms with E-state index >= 15 is 0 Å². The van der Waals surface area contributed by atoms with E-state index in [0.29, 0.717) is 0 Å². The third-order valence-corrected chi connectivity index (χ3v) is 6.24. The molecule has 5 rings (SSSR count). The highest BCUT2D eigenvalue weighted by molar-refractivity contribution is 6.62. The molecule has 3 aromatic carbocycles. The minimum Gasteiger partial charge on any atom is -0.398 e. The summed E-state index contributed by atoms with van der Waals surface area (Å²) in [4.78, 5) is 0. The molecule has 1 aliphatic heterocycles. The molecule has 0 saturated carbocycles. The van der Waals surface area contributed by atoms with Gasteiger partial charge in [0.05, 0.1) is 28.0 Å². The van der Waals surface area contributed by atoms with Gasteiger partial charge in [0.2, 0.25) is 0 Å². The molecule has 0 bridgehead atoms. The Morgan fingerprint density at radius 3 is 2.07 bits per heavy atom. The van der Waals surface area contributed by atoms with Gasteiger partial charge in [-0.2, -0.15) is 0 Å². The summed E-state index contributed by atoms with van der Waals surface area (Å²) < 4.78 is 15.1. The summed E-state index contributed by atoms with van der Waals surface area (Å²) in [5.41, 5.74) is 2.57. The van der Waals surface area contributed by atoms with E-state index in [9.17, 15) is 0 Å². The number of aromatic nitrogens is 1. The molecule has 4 aromatic rings. The third-order valence-electron chi connectivity index (χ3n) is 6.24. The van der Waals surface area contributed by atoms with Crippen LogP contribution in [0.4, 0.5) is 0 Å². The molecule has 1 saturated heterocycles. The quantitative estimate of drug-likeness (QED) is 0.460. The van der Waals surface area contributed by atoms with Crippen LogP contribution in [0.15, 0.2) is 72.8 Å². The van der Waals surface area contributed by atoms with Crippen molar-refractivity contribution in [2.75, 3.05) is 0 Å². The van der Waals surface area contributed by atoms with Gasteiger partial charge in [0.1, 0.15) is 0 Å². The fourth-order valence-corrected chi connectivity index (χ4v) is 3.99. The lowest BCUT2D eigenvalue weighted by molar-refractivity contribution is 0.00578. The molecule has 0 aliphatic carbocycles. The van der Waals surface area contributed by atoms with E-state index in [1.54, 1.807) is 0 Å². The molecule has 1 aromatic heterocycles. The first-order valence-corrected chi connectivity index (χ1v) is 9.82. The number of para-hydroxylation sites is 1. The zero-order chi connectivity index (χ0) is 19.5. The summed E-state index contributed by atoms with van der Waals surface area (Å²) in [5, 5.41) is 3.61. The molecule has 0 spiro atoms. The normalized spacial score (nSPS) is 18.2. The second-order valence-corrected chi connectivity index (χ2v) is 8.55. The van der Waals surface area contributed by atoms with Crippen molar-refractivity contribution in [3.8, 4) is 5.69 Å². The second-order valence-electron chi connectivity index (χ2n) is 8.55. The zero-order valence-corrected chi connectivity index (χ0v) is 16.8. The number of benzene rings is 3. The van der Waals surface area contributed by atoms with Gasteiger partial charge in [-0.1, -0.05) is 54.6 Å². The van der Waals surface area contributed by atoms with Crippen LogP contribution in [-0.2, 0) is 9.31 Å². The smallest absolute Gasteiger partial charge is 0.398 e. The largest absolute Gasteiger partial charge is 0.512 e. The molecule has 4 heteroatoms. The predicted octanol–water partition coefficient (Wildman–Crippen LogP) is 5.08. The molecule has 3 nitrogen and oxygen atoms in total. The first-order valence-electron chi connectivity index (χ1n) is 9.82. The Bertz CT molecular complexity index is 1170. The van der Waals surface area contributed by atoms with E-state index < -0.39 is 7.12 Å². The Morgan fingerprint density at radius 1 is 0.714 bits per heavy atom. The molecule has 0 atom stereocenters. The van der Waals surface area contributed by atoms with Crippen molar-refractivity contribution in [3.63, 3.8) is 0 Å². The van der Waals surface area contributed by atoms with Gasteiger partial charge in [0.25, 0.3) is 0 Å². The standard InChI is InChI=1S/C24H24BNO2/c1-23(2)24(3,4)28-25(27-23)22-16-18-11-6-8-14-20(18)26(22)21-15-9-12-17-10-5-7-13-19(17)21/h5-16H,1-4H3. The Balaban J connectivity index is 1.79. The van der Waals surface area contributed by atoms with Crippen LogP contribution < -0.4 is 5.59 Å². The fourth-order valence-electron chi connectivity index (χ4n) is 3.99. The highest BCUT2D eigenvalue weighted by Gasteiger charge is 2.52. The predicted molar refractivity (Wildman–Crippen MR) is 116 cm³/mol. The topological polar surface area (TPSA) is 23.4 Å². The summed E-state index contributed by atoms with van der Waals surface area (Å²) in [6, 6.07) is 25.6. The molecule has 0 N–H and O–H groups in total. The van der Waals surface area contributed by atoms with E-state index in [2.05, 4.69) is 105 Å². The second kappa shape index (κ2) is 5.97. The van der Waals surface area contributed by atoms with Gasteiger partial charge in [-0.15, -0.1) is 0 Å². The van der Waals surface area contributed by atoms with E-state index in [0.717, 1.165) is 16.8 Å². The number of hydrogen-bond donors (Lipinski definition) is 0. The lowest BCUT2D eigenvalue weighted by atomic mass is 9.84. The van der Waals surface area contributed by atoms with Crippen molar-refractivity contribution >= 4 is 34.4 Å². The Morgan fingerprint density at radius 2 is 1.32 bits per heavy atom. The van der Waals surface area contributed by atoms with Crippen LogP contribution in [0, 0.1) is 0 Å². The van der Waals surface area contributed by atoms with Gasteiger partial charge in [0.15, 0.2) is 0 Å². The van der Waals surface area contributed by atoms with Crippen molar-refractivity contribution in [3.05, 3.63) is 72.8 Å². The van der Waals surface area contributed by atoms with Gasteiger partial charge in [-0.05, 0) is 56.7 Å². The van der Waals surface area contributed by atoms with Crippen LogP contribution in [-0.4, -0.2) is 22.9 Å². The SMILES string of the molecule is CC1(C)OB(c2cc3ccccc3n2-c2cccc3ccccc23)OC1(C)C. The van der Waals surface area contributed by atoms with E-state index in [4.69, 9.17) is 9.31 Å². The van der Waals surface area contributed by atoms with Crippen LogP contribution in [0.3, 0.4) is 0 Å². The van der Waals surface area contributed by atoms with Crippen molar-refractivity contribution in [2.24, 2.45) is 0 Å². The van der Waals surface area contributed by atoms with Gasteiger partial charge >= 0.3 is 7.12 Å². The van der Waals surface area contributed by atoms with Crippen molar-refractivity contribution in [1.82, 2.24) is 4.57 Å². The Kier molecular flexibility index (Phi) is 3.74. The van der Waals surface area contributed by atoms with Gasteiger partial charge in [-0.25, -0.2) is 0 Å². The lowest BCUT2D eigenvalue weighted by Crippen LogP contribution is -2.41. The van der Waals surface area contributed by atoms with Crippen LogP contribution in [0.2, 0.25) is 0 Å². The molecule has 28 heavy (non-hydrogen) atoms. The molecule has 1 fully saturated rings. The highest BCUT2D eigenvalue weighted by Crippen LogP contribution is 2.37. The third kappa shape index (κ3) is 2.52. The molecule has 0 unspecified atom stereocenters. The maximum absolute atomic E-state index is 6.41. The summed E-state index contributed by atoms with van der Waals surface area (Å²) >= 11 is 0. The van der Waals surface area contributed by atoms with Gasteiger partial charge in [-0.3, -0.25) is 0 Å². The summed E-state index contributed by atoms with van der Waals surface area (Å²) in [6.45, 7) is 8.38. The van der Waals surface area contributed by atoms with Crippen LogP contribution in [0.1, 0.15) is 27.7 Å². The molecule has 2 heterocycles. The Hall–Kier alpha value is -2.56. The number of nitrogens with zero attached hydrogens (tertiary/aromatic N) is 1. The molecule has 0 radical (unpaired) electrons. The van der Waals surface area contributed by atoms with Crippen LogP contribution in [0.5, 0.6) is 0 Å². The van der Waals surface area contributed by atoms with Crippen LogP contribution in [0.25, 0.3) is 27.4 Å². The minimum atomic E-state index is -0.420. The number of hydrogen-bond acceptors (Lipinski definition) is 2. The molecular weight excluding hydrogens is 345 g/mol. The summed E-state index contributed by atoms with van der Waals surface area (Å²) in [5.74, 6) is 0. The molecular formula is C24H24BNO2. The maximum Gasteiger partial charge on any atom is 0.512 e. The molecule has 140 valence electrons. The molecule has 1 aliphatic rings. The Labute approximate surface area is 166 Å². The highest BCUT2D eigenvalue weighted by atomic mass is 16.7. The van der Waals surface area contributed by atoms with Gasteiger partial charge in [0, 0.05) is 5.39 Å². The average Bonchev–Trinajstić information content (AvgIpc) is 3.15. The number of fused-ring (bicyclic) bond motifs is 2. The first kappa shape index (κ1) is 17.5. The fraction of sp³-hybridized carbons (Fsp3) is 0.250. The first-order chi connectivity index (χ1) is 13.4. The van der Waals surface area contributed by atoms with E-state index in [1.807, 2.05) is 0 Å². The summed E-state index contributed by atoms with van der Waals surface area (Å²) in [7, 11) is -0.420. The maximum atomic E-state index is 6.41. The monoisotopic (exact) mass is 369 g/mol. The minimum absolute atomic E-state index is 0.377. The number of rotatable bonds is 2. The lowest BCUT2D eigenvalue weighted by Gasteiger charge is -2.32. The van der Waals surface area contributed by atoms with Crippen molar-refractivity contribution in [1.29, 1.82) is 0 Å². The average molecular weight is 369 g/mol. The molecule has 0 amide bonds. The van der Waals surface area contributed by atoms with Crippen molar-refractivity contribution in [2.45, 2.75) is 38.9 Å².